The van der Waals surface area contributed by atoms with Crippen LogP contribution < -0.4 is 4.90 Å². The quantitative estimate of drug-likeness (QED) is 0.316. The molecule has 4 atom stereocenters. The highest BCUT2D eigenvalue weighted by molar-refractivity contribution is 5.96. The maximum Gasteiger partial charge on any atom is 0.309 e. The Balaban J connectivity index is 1.36. The number of aromatic nitrogens is 1. The molecule has 186 valence electrons. The Bertz CT molecular complexity index is 1280. The average molecular weight is 491 g/mol. The number of ether oxygens (including phenoxy) is 1. The van der Waals surface area contributed by atoms with Gasteiger partial charge < -0.3 is 9.64 Å². The van der Waals surface area contributed by atoms with E-state index in [9.17, 15) is 18.4 Å². The van der Waals surface area contributed by atoms with E-state index in [2.05, 4.69) is 9.88 Å². The fourth-order valence-corrected chi connectivity index (χ4v) is 5.46. The van der Waals surface area contributed by atoms with E-state index in [1.54, 1.807) is 18.3 Å². The molecular weight excluding hydrogens is 462 g/mol. The molecule has 0 amide bonds. The van der Waals surface area contributed by atoms with Gasteiger partial charge in [0.25, 0.3) is 0 Å². The summed E-state index contributed by atoms with van der Waals surface area (Å²) in [5.41, 5.74) is 3.31. The number of benzene rings is 2. The molecule has 3 aromatic rings. The average Bonchev–Trinajstić information content (AvgIpc) is 3.37. The number of anilines is 1. The largest absolute Gasteiger partial charge is 0.466 e. The van der Waals surface area contributed by atoms with E-state index < -0.39 is 17.6 Å². The molecule has 5 nitrogen and oxygen atoms in total. The first kappa shape index (κ1) is 24.1. The fourth-order valence-electron chi connectivity index (χ4n) is 5.46. The highest BCUT2D eigenvalue weighted by atomic mass is 19.1. The number of piperidine rings is 1. The number of carbonyl (C=O) groups is 2. The van der Waals surface area contributed by atoms with Crippen LogP contribution in [-0.2, 0) is 9.53 Å². The van der Waals surface area contributed by atoms with Gasteiger partial charge in [0.15, 0.2) is 5.78 Å². The van der Waals surface area contributed by atoms with Crippen LogP contribution in [0.4, 0.5) is 14.5 Å². The van der Waals surface area contributed by atoms with E-state index in [1.165, 1.54) is 12.1 Å². The highest BCUT2D eigenvalue weighted by Gasteiger charge is 2.60. The second-order valence-corrected chi connectivity index (χ2v) is 9.63. The van der Waals surface area contributed by atoms with Crippen LogP contribution in [0.3, 0.4) is 0 Å². The Morgan fingerprint density at radius 1 is 1.06 bits per heavy atom. The standard InChI is InChI=1S/C29H28F2N2O3/c1-3-36-29(35)28-24-15-33(16-25(24)28)21-7-4-18(5-8-21)23(22-9-6-20(30)13-26(22)31)14-27(34)19-10-11-32-17(2)12-19/h4-13,23-25,28H,3,14-16H2,1-2H3/t23?,24-,25+,28?. The molecule has 0 N–H and O–H groups in total. The summed E-state index contributed by atoms with van der Waals surface area (Å²) in [6, 6.07) is 14.6. The Hall–Kier alpha value is -3.61. The molecule has 2 aromatic carbocycles. The van der Waals surface area contributed by atoms with Gasteiger partial charge in [-0.3, -0.25) is 14.6 Å². The lowest BCUT2D eigenvalue weighted by Gasteiger charge is -2.23. The summed E-state index contributed by atoms with van der Waals surface area (Å²) < 4.78 is 33.6. The lowest BCUT2D eigenvalue weighted by Crippen LogP contribution is -2.26. The van der Waals surface area contributed by atoms with Crippen molar-refractivity contribution in [2.75, 3.05) is 24.6 Å². The number of rotatable bonds is 8. The van der Waals surface area contributed by atoms with Gasteiger partial charge in [-0.1, -0.05) is 18.2 Å². The molecule has 2 heterocycles. The topological polar surface area (TPSA) is 59.5 Å². The van der Waals surface area contributed by atoms with Gasteiger partial charge in [0.1, 0.15) is 11.6 Å². The predicted molar refractivity (Wildman–Crippen MR) is 132 cm³/mol. The Labute approximate surface area is 209 Å². The van der Waals surface area contributed by atoms with Gasteiger partial charge in [-0.15, -0.1) is 0 Å². The number of halogens is 2. The van der Waals surface area contributed by atoms with Crippen LogP contribution in [0.5, 0.6) is 0 Å². The van der Waals surface area contributed by atoms with Gasteiger partial charge >= 0.3 is 5.97 Å². The van der Waals surface area contributed by atoms with Crippen molar-refractivity contribution >= 4 is 17.4 Å². The van der Waals surface area contributed by atoms with Crippen LogP contribution in [0.1, 0.15) is 46.4 Å². The minimum atomic E-state index is -0.674. The van der Waals surface area contributed by atoms with Gasteiger partial charge in [0.2, 0.25) is 0 Å². The first-order valence-corrected chi connectivity index (χ1v) is 12.3. The zero-order valence-electron chi connectivity index (χ0n) is 20.3. The van der Waals surface area contributed by atoms with E-state index in [-0.39, 0.29) is 29.7 Å². The molecule has 0 radical (unpaired) electrons. The number of Topliss-reactive ketones (excluding diaryl/α,β-unsaturated/α-hetero) is 1. The summed E-state index contributed by atoms with van der Waals surface area (Å²) in [6.07, 6.45) is 1.62. The monoisotopic (exact) mass is 490 g/mol. The summed E-state index contributed by atoms with van der Waals surface area (Å²) in [5, 5.41) is 0. The van der Waals surface area contributed by atoms with E-state index >= 15 is 0 Å². The molecule has 7 heteroatoms. The van der Waals surface area contributed by atoms with Crippen molar-refractivity contribution < 1.29 is 23.1 Å². The molecule has 1 aliphatic heterocycles. The van der Waals surface area contributed by atoms with E-state index in [0.717, 1.165) is 36.1 Å². The number of esters is 1. The van der Waals surface area contributed by atoms with Crippen LogP contribution >= 0.6 is 0 Å². The molecule has 2 aliphatic rings. The molecule has 36 heavy (non-hydrogen) atoms. The second-order valence-electron chi connectivity index (χ2n) is 9.63. The second kappa shape index (κ2) is 9.80. The molecule has 0 bridgehead atoms. The molecule has 5 rings (SSSR count). The SMILES string of the molecule is CCOC(=O)C1[C@H]2CN(c3ccc(C(CC(=O)c4ccnc(C)c4)c4ccc(F)cc4F)cc3)C[C@@H]12. The normalized spacial score (nSPS) is 21.1. The summed E-state index contributed by atoms with van der Waals surface area (Å²) in [5.74, 6) is -1.47. The number of carbonyl (C=O) groups excluding carboxylic acids is 2. The molecule has 1 saturated heterocycles. The minimum Gasteiger partial charge on any atom is -0.466 e. The van der Waals surface area contributed by atoms with Gasteiger partial charge in [-0.2, -0.15) is 0 Å². The molecule has 1 aliphatic carbocycles. The number of hydrogen-bond donors (Lipinski definition) is 0. The predicted octanol–water partition coefficient (Wildman–Crippen LogP) is 5.32. The maximum atomic E-state index is 14.8. The van der Waals surface area contributed by atoms with Crippen molar-refractivity contribution in [3.8, 4) is 0 Å². The third kappa shape index (κ3) is 4.74. The third-order valence-electron chi connectivity index (χ3n) is 7.36. The number of nitrogens with zero attached hydrogens (tertiary/aromatic N) is 2. The fraction of sp³-hybridized carbons (Fsp3) is 0.345. The Kier molecular flexibility index (Phi) is 6.56. The van der Waals surface area contributed by atoms with Crippen LogP contribution in [0.25, 0.3) is 0 Å². The van der Waals surface area contributed by atoms with Crippen molar-refractivity contribution in [2.45, 2.75) is 26.2 Å². The van der Waals surface area contributed by atoms with E-state index in [1.807, 2.05) is 38.1 Å². The molecule has 2 fully saturated rings. The molecule has 1 aromatic heterocycles. The third-order valence-corrected chi connectivity index (χ3v) is 7.36. The lowest BCUT2D eigenvalue weighted by molar-refractivity contribution is -0.145. The first-order valence-electron chi connectivity index (χ1n) is 12.3. The molecular formula is C29H28F2N2O3. The van der Waals surface area contributed by atoms with Crippen LogP contribution in [0, 0.1) is 36.3 Å². The first-order chi connectivity index (χ1) is 17.4. The van der Waals surface area contributed by atoms with Crippen molar-refractivity contribution in [2.24, 2.45) is 17.8 Å². The molecule has 2 unspecified atom stereocenters. The zero-order chi connectivity index (χ0) is 25.4. The highest BCUT2D eigenvalue weighted by Crippen LogP contribution is 2.53. The van der Waals surface area contributed by atoms with Gasteiger partial charge in [0.05, 0.1) is 12.5 Å². The van der Waals surface area contributed by atoms with Crippen molar-refractivity contribution in [1.29, 1.82) is 0 Å². The summed E-state index contributed by atoms with van der Waals surface area (Å²) in [6.45, 7) is 5.62. The summed E-state index contributed by atoms with van der Waals surface area (Å²) >= 11 is 0. The van der Waals surface area contributed by atoms with Crippen LogP contribution in [-0.4, -0.2) is 36.4 Å². The van der Waals surface area contributed by atoms with Gasteiger partial charge in [0, 0.05) is 54.6 Å². The van der Waals surface area contributed by atoms with E-state index in [4.69, 9.17) is 4.74 Å². The lowest BCUT2D eigenvalue weighted by atomic mass is 9.85. The van der Waals surface area contributed by atoms with Gasteiger partial charge in [-0.05, 0) is 67.1 Å². The maximum absolute atomic E-state index is 14.8. The van der Waals surface area contributed by atoms with Crippen LogP contribution in [0.2, 0.25) is 0 Å². The summed E-state index contributed by atoms with van der Waals surface area (Å²) in [4.78, 5) is 31.5. The number of fused-ring (bicyclic) bond motifs is 1. The van der Waals surface area contributed by atoms with Crippen molar-refractivity contribution in [3.05, 3.63) is 94.8 Å². The molecule has 1 saturated carbocycles. The zero-order valence-corrected chi connectivity index (χ0v) is 20.3. The number of ketones is 1. The van der Waals surface area contributed by atoms with Crippen molar-refractivity contribution in [1.82, 2.24) is 4.98 Å². The number of hydrogen-bond acceptors (Lipinski definition) is 5. The summed E-state index contributed by atoms with van der Waals surface area (Å²) in [7, 11) is 0. The molecule has 0 spiro atoms. The van der Waals surface area contributed by atoms with Crippen molar-refractivity contribution in [3.63, 3.8) is 0 Å². The minimum absolute atomic E-state index is 0.00846. The smallest absolute Gasteiger partial charge is 0.309 e. The Morgan fingerprint density at radius 3 is 2.42 bits per heavy atom. The number of aryl methyl sites for hydroxylation is 1. The van der Waals surface area contributed by atoms with Gasteiger partial charge in [-0.25, -0.2) is 8.78 Å². The number of pyridine rings is 1. The Morgan fingerprint density at radius 2 is 1.78 bits per heavy atom. The van der Waals surface area contributed by atoms with Crippen LogP contribution in [0.15, 0.2) is 60.8 Å². The van der Waals surface area contributed by atoms with E-state index in [0.29, 0.717) is 24.0 Å².